The van der Waals surface area contributed by atoms with Crippen molar-refractivity contribution in [2.24, 2.45) is 0 Å². The van der Waals surface area contributed by atoms with E-state index in [1.54, 1.807) is 25.1 Å². The van der Waals surface area contributed by atoms with Gasteiger partial charge in [0.15, 0.2) is 5.82 Å². The number of hydrogen-bond acceptors (Lipinski definition) is 6. The molecular formula is C24H23ClF3N5O3. The Bertz CT molecular complexity index is 1320. The predicted molar refractivity (Wildman–Crippen MR) is 129 cm³/mol. The number of nitrogens with one attached hydrogen (secondary N) is 1. The fourth-order valence-corrected chi connectivity index (χ4v) is 4.30. The van der Waals surface area contributed by atoms with Gasteiger partial charge >= 0.3 is 18.0 Å². The molecule has 0 atom stereocenters. The third-order valence-corrected chi connectivity index (χ3v) is 6.21. The standard InChI is InChI=1S/C24H23ClF3N5O3/c1-14-13-16(25)5-8-19(14)20-30-21(32-11-9-17(10-12-32)29-23(35)36-2)31-22(34)33(20)18-6-3-15(4-7-18)24(26,27)28/h3-8,13,17H,9-12H2,1-2H3,(H,29,35). The molecule has 0 radical (unpaired) electrons. The molecule has 0 aliphatic carbocycles. The minimum absolute atomic E-state index is 0.0841. The molecule has 1 fully saturated rings. The Morgan fingerprint density at radius 2 is 1.78 bits per heavy atom. The molecule has 0 spiro atoms. The van der Waals surface area contributed by atoms with Crippen molar-refractivity contribution < 1.29 is 22.7 Å². The van der Waals surface area contributed by atoms with Crippen LogP contribution >= 0.6 is 11.6 Å². The molecule has 1 N–H and O–H groups in total. The highest BCUT2D eigenvalue weighted by atomic mass is 35.5. The maximum Gasteiger partial charge on any atom is 0.416 e. The molecule has 1 saturated heterocycles. The number of piperidine rings is 1. The average Bonchev–Trinajstić information content (AvgIpc) is 2.83. The van der Waals surface area contributed by atoms with E-state index in [1.165, 1.54) is 23.8 Å². The molecule has 8 nitrogen and oxygen atoms in total. The van der Waals surface area contributed by atoms with E-state index in [4.69, 9.17) is 11.6 Å². The van der Waals surface area contributed by atoms with E-state index < -0.39 is 23.5 Å². The van der Waals surface area contributed by atoms with Gasteiger partial charge in [-0.15, -0.1) is 0 Å². The number of alkyl halides is 3. The molecule has 1 aliphatic rings. The molecule has 4 rings (SSSR count). The predicted octanol–water partition coefficient (Wildman–Crippen LogP) is 4.60. The van der Waals surface area contributed by atoms with Crippen molar-refractivity contribution in [2.75, 3.05) is 25.1 Å². The second kappa shape index (κ2) is 10.2. The van der Waals surface area contributed by atoms with Crippen molar-refractivity contribution in [2.45, 2.75) is 32.0 Å². The van der Waals surface area contributed by atoms with Crippen LogP contribution in [0.1, 0.15) is 24.0 Å². The van der Waals surface area contributed by atoms with E-state index in [2.05, 4.69) is 20.0 Å². The number of aryl methyl sites for hydroxylation is 1. The molecule has 2 heterocycles. The van der Waals surface area contributed by atoms with Crippen molar-refractivity contribution in [3.05, 3.63) is 69.1 Å². The van der Waals surface area contributed by atoms with Crippen LogP contribution < -0.4 is 15.9 Å². The van der Waals surface area contributed by atoms with Crippen LogP contribution in [0.15, 0.2) is 47.3 Å². The van der Waals surface area contributed by atoms with Crippen LogP contribution in [0.4, 0.5) is 23.9 Å². The van der Waals surface area contributed by atoms with Crippen LogP contribution in [0, 0.1) is 6.92 Å². The Hall–Kier alpha value is -3.60. The minimum atomic E-state index is -4.51. The Balaban J connectivity index is 1.75. The first-order valence-electron chi connectivity index (χ1n) is 11.1. The van der Waals surface area contributed by atoms with E-state index in [0.717, 1.165) is 17.7 Å². The van der Waals surface area contributed by atoms with Crippen LogP contribution in [0.2, 0.25) is 5.02 Å². The van der Waals surface area contributed by atoms with E-state index >= 15 is 0 Å². The number of anilines is 1. The lowest BCUT2D eigenvalue weighted by Gasteiger charge is -2.32. The summed E-state index contributed by atoms with van der Waals surface area (Å²) in [5, 5.41) is 3.26. The fraction of sp³-hybridized carbons (Fsp3) is 0.333. The molecule has 0 saturated carbocycles. The normalized spacial score (nSPS) is 14.6. The zero-order valence-electron chi connectivity index (χ0n) is 19.5. The van der Waals surface area contributed by atoms with Crippen molar-refractivity contribution >= 4 is 23.6 Å². The summed E-state index contributed by atoms with van der Waals surface area (Å²) in [5.41, 5.74) is 0.00351. The number of benzene rings is 2. The second-order valence-electron chi connectivity index (χ2n) is 8.37. The van der Waals surface area contributed by atoms with Gasteiger partial charge in [0.05, 0.1) is 18.4 Å². The lowest BCUT2D eigenvalue weighted by molar-refractivity contribution is -0.137. The van der Waals surface area contributed by atoms with Gasteiger partial charge < -0.3 is 15.0 Å². The number of alkyl carbamates (subject to hydrolysis) is 1. The summed E-state index contributed by atoms with van der Waals surface area (Å²) < 4.78 is 45.0. The first-order valence-corrected chi connectivity index (χ1v) is 11.5. The molecule has 12 heteroatoms. The van der Waals surface area contributed by atoms with E-state index in [9.17, 15) is 22.8 Å². The maximum atomic E-state index is 13.2. The van der Waals surface area contributed by atoms with Gasteiger partial charge in [0, 0.05) is 29.7 Å². The number of hydrogen-bond donors (Lipinski definition) is 1. The summed E-state index contributed by atoms with van der Waals surface area (Å²) in [7, 11) is 1.30. The second-order valence-corrected chi connectivity index (χ2v) is 8.80. The number of methoxy groups -OCH3 is 1. The monoisotopic (exact) mass is 521 g/mol. The van der Waals surface area contributed by atoms with Crippen molar-refractivity contribution in [3.63, 3.8) is 0 Å². The quantitative estimate of drug-likeness (QED) is 0.540. The van der Waals surface area contributed by atoms with Crippen molar-refractivity contribution in [1.29, 1.82) is 0 Å². The van der Waals surface area contributed by atoms with Gasteiger partial charge in [-0.25, -0.2) is 14.2 Å². The number of amides is 1. The van der Waals surface area contributed by atoms with Gasteiger partial charge in [0.25, 0.3) is 0 Å². The summed E-state index contributed by atoms with van der Waals surface area (Å²) >= 11 is 6.11. The van der Waals surface area contributed by atoms with E-state index in [-0.39, 0.29) is 23.5 Å². The zero-order valence-corrected chi connectivity index (χ0v) is 20.2. The molecule has 3 aromatic rings. The number of carbonyl (C=O) groups is 1. The molecule has 1 aromatic heterocycles. The number of ether oxygens (including phenoxy) is 1. The zero-order chi connectivity index (χ0) is 26.0. The molecule has 1 amide bonds. The highest BCUT2D eigenvalue weighted by Gasteiger charge is 2.30. The Labute approximate surface area is 209 Å². The van der Waals surface area contributed by atoms with Gasteiger partial charge in [-0.3, -0.25) is 0 Å². The molecule has 0 unspecified atom stereocenters. The van der Waals surface area contributed by atoms with Gasteiger partial charge in [-0.1, -0.05) is 11.6 Å². The van der Waals surface area contributed by atoms with Crippen LogP contribution in [0.3, 0.4) is 0 Å². The third kappa shape index (κ3) is 5.46. The molecule has 190 valence electrons. The first kappa shape index (κ1) is 25.5. The third-order valence-electron chi connectivity index (χ3n) is 5.97. The summed E-state index contributed by atoms with van der Waals surface area (Å²) in [6.07, 6.45) is -3.83. The number of rotatable bonds is 4. The van der Waals surface area contributed by atoms with Crippen LogP contribution in [-0.4, -0.2) is 46.9 Å². The first-order chi connectivity index (χ1) is 17.1. The number of carbonyl (C=O) groups excluding carboxylic acids is 1. The summed E-state index contributed by atoms with van der Waals surface area (Å²) in [4.78, 5) is 35.4. The average molecular weight is 522 g/mol. The van der Waals surface area contributed by atoms with Crippen LogP contribution in [-0.2, 0) is 10.9 Å². The minimum Gasteiger partial charge on any atom is -0.453 e. The Morgan fingerprint density at radius 1 is 1.11 bits per heavy atom. The van der Waals surface area contributed by atoms with Gasteiger partial charge in [0.2, 0.25) is 5.95 Å². The SMILES string of the molecule is COC(=O)NC1CCN(c2nc(-c3ccc(Cl)cc3C)n(-c3ccc(C(F)(F)F)cc3)c(=O)n2)CC1. The molecular weight excluding hydrogens is 499 g/mol. The number of aromatic nitrogens is 3. The lowest BCUT2D eigenvalue weighted by atomic mass is 10.1. The van der Waals surface area contributed by atoms with Crippen LogP contribution in [0.5, 0.6) is 0 Å². The van der Waals surface area contributed by atoms with Gasteiger partial charge in [0.1, 0.15) is 0 Å². The Morgan fingerprint density at radius 3 is 2.36 bits per heavy atom. The topological polar surface area (TPSA) is 89.4 Å². The van der Waals surface area contributed by atoms with Crippen molar-refractivity contribution in [3.8, 4) is 17.1 Å². The van der Waals surface area contributed by atoms with Crippen LogP contribution in [0.25, 0.3) is 17.1 Å². The highest BCUT2D eigenvalue weighted by Crippen LogP contribution is 2.31. The smallest absolute Gasteiger partial charge is 0.416 e. The molecule has 1 aliphatic heterocycles. The number of nitrogens with zero attached hydrogens (tertiary/aromatic N) is 4. The summed E-state index contributed by atoms with van der Waals surface area (Å²) in [6, 6.07) is 9.23. The van der Waals surface area contributed by atoms with Gasteiger partial charge in [-0.2, -0.15) is 23.1 Å². The molecule has 0 bridgehead atoms. The summed E-state index contributed by atoms with van der Waals surface area (Å²) in [6.45, 7) is 2.77. The fourth-order valence-electron chi connectivity index (χ4n) is 4.08. The van der Waals surface area contributed by atoms with Crippen molar-refractivity contribution in [1.82, 2.24) is 19.9 Å². The highest BCUT2D eigenvalue weighted by molar-refractivity contribution is 6.30. The Kier molecular flexibility index (Phi) is 7.21. The van der Waals surface area contributed by atoms with E-state index in [0.29, 0.717) is 36.5 Å². The van der Waals surface area contributed by atoms with Gasteiger partial charge in [-0.05, 0) is 67.8 Å². The maximum absolute atomic E-state index is 13.2. The van der Waals surface area contributed by atoms with E-state index in [1.807, 2.05) is 4.90 Å². The lowest BCUT2D eigenvalue weighted by Crippen LogP contribution is -2.45. The number of halogens is 4. The largest absolute Gasteiger partial charge is 0.453 e. The molecule has 36 heavy (non-hydrogen) atoms. The summed E-state index contributed by atoms with van der Waals surface area (Å²) in [5.74, 6) is 0.428. The molecule has 2 aromatic carbocycles.